The molecule has 0 aromatic heterocycles. The fourth-order valence-corrected chi connectivity index (χ4v) is 2.27. The molecule has 100 valence electrons. The van der Waals surface area contributed by atoms with Crippen LogP contribution < -0.4 is 5.32 Å². The van der Waals surface area contributed by atoms with E-state index >= 15 is 0 Å². The van der Waals surface area contributed by atoms with Gasteiger partial charge in [0, 0.05) is 24.9 Å². The highest BCUT2D eigenvalue weighted by atomic mass is 19.1. The maximum Gasteiger partial charge on any atom is 0.127 e. The molecule has 1 fully saturated rings. The summed E-state index contributed by atoms with van der Waals surface area (Å²) in [6.45, 7) is 7.72. The highest BCUT2D eigenvalue weighted by molar-refractivity contribution is 5.48. The van der Waals surface area contributed by atoms with Crippen LogP contribution in [0.15, 0.2) is 18.2 Å². The summed E-state index contributed by atoms with van der Waals surface area (Å²) in [5.41, 5.74) is 1.60. The molecule has 0 amide bonds. The predicted octanol–water partition coefficient (Wildman–Crippen LogP) is 3.71. The standard InChI is InChI=1S/C15H22FNO/c1-15(2,3)13-10-12(4-5-14(13)16)17-11-6-8-18-9-7-11/h4-5,10-11,17H,6-9H2,1-3H3. The Kier molecular flexibility index (Phi) is 3.91. The van der Waals surface area contributed by atoms with Gasteiger partial charge < -0.3 is 10.1 Å². The first-order chi connectivity index (χ1) is 8.47. The topological polar surface area (TPSA) is 21.3 Å². The summed E-state index contributed by atoms with van der Waals surface area (Å²) in [5.74, 6) is -0.125. The SMILES string of the molecule is CC(C)(C)c1cc(NC2CCOCC2)ccc1F. The van der Waals surface area contributed by atoms with Crippen molar-refractivity contribution in [3.63, 3.8) is 0 Å². The molecule has 1 heterocycles. The largest absolute Gasteiger partial charge is 0.382 e. The molecule has 1 aromatic carbocycles. The Balaban J connectivity index is 2.14. The molecule has 0 aliphatic carbocycles. The number of anilines is 1. The minimum absolute atomic E-state index is 0.125. The third-order valence-corrected chi connectivity index (χ3v) is 3.37. The van der Waals surface area contributed by atoms with Crippen molar-refractivity contribution in [1.82, 2.24) is 0 Å². The van der Waals surface area contributed by atoms with E-state index in [0.717, 1.165) is 37.3 Å². The molecular formula is C15H22FNO. The monoisotopic (exact) mass is 251 g/mol. The summed E-state index contributed by atoms with van der Waals surface area (Å²) in [6, 6.07) is 5.75. The van der Waals surface area contributed by atoms with Crippen LogP contribution in [0, 0.1) is 5.82 Å². The van der Waals surface area contributed by atoms with Crippen LogP contribution in [0.4, 0.5) is 10.1 Å². The second-order valence-corrected chi connectivity index (χ2v) is 5.98. The lowest BCUT2D eigenvalue weighted by Gasteiger charge is -2.26. The molecule has 1 aromatic rings. The molecule has 3 heteroatoms. The van der Waals surface area contributed by atoms with Gasteiger partial charge in [-0.05, 0) is 42.0 Å². The third kappa shape index (κ3) is 3.22. The number of rotatable bonds is 2. The molecule has 2 rings (SSSR count). The van der Waals surface area contributed by atoms with E-state index in [1.54, 1.807) is 6.07 Å². The molecular weight excluding hydrogens is 229 g/mol. The second-order valence-electron chi connectivity index (χ2n) is 5.98. The zero-order valence-electron chi connectivity index (χ0n) is 11.4. The fraction of sp³-hybridized carbons (Fsp3) is 0.600. The molecule has 0 spiro atoms. The van der Waals surface area contributed by atoms with Crippen LogP contribution in [0.2, 0.25) is 0 Å². The first-order valence-corrected chi connectivity index (χ1v) is 6.61. The van der Waals surface area contributed by atoms with Crippen LogP contribution in [-0.2, 0) is 10.2 Å². The van der Waals surface area contributed by atoms with Crippen molar-refractivity contribution < 1.29 is 9.13 Å². The Morgan fingerprint density at radius 3 is 2.50 bits per heavy atom. The van der Waals surface area contributed by atoms with Gasteiger partial charge in [0.05, 0.1) is 0 Å². The Bertz CT molecular complexity index is 405. The normalized spacial score (nSPS) is 17.8. The fourth-order valence-electron chi connectivity index (χ4n) is 2.27. The van der Waals surface area contributed by atoms with E-state index in [1.165, 1.54) is 0 Å². The van der Waals surface area contributed by atoms with Crippen LogP contribution in [0.1, 0.15) is 39.2 Å². The van der Waals surface area contributed by atoms with E-state index in [1.807, 2.05) is 32.9 Å². The van der Waals surface area contributed by atoms with E-state index in [0.29, 0.717) is 6.04 Å². The minimum Gasteiger partial charge on any atom is -0.382 e. The van der Waals surface area contributed by atoms with Crippen LogP contribution >= 0.6 is 0 Å². The molecule has 0 saturated carbocycles. The first kappa shape index (κ1) is 13.3. The molecule has 0 atom stereocenters. The highest BCUT2D eigenvalue weighted by Crippen LogP contribution is 2.28. The van der Waals surface area contributed by atoms with Gasteiger partial charge in [0.15, 0.2) is 0 Å². The van der Waals surface area contributed by atoms with Gasteiger partial charge in [-0.1, -0.05) is 20.8 Å². The molecule has 2 nitrogen and oxygen atoms in total. The smallest absolute Gasteiger partial charge is 0.127 e. The van der Waals surface area contributed by atoms with Crippen molar-refractivity contribution in [2.24, 2.45) is 0 Å². The summed E-state index contributed by atoms with van der Waals surface area (Å²) < 4.78 is 19.1. The van der Waals surface area contributed by atoms with E-state index in [9.17, 15) is 4.39 Å². The quantitative estimate of drug-likeness (QED) is 0.865. The summed E-state index contributed by atoms with van der Waals surface area (Å²) in [4.78, 5) is 0. The Hall–Kier alpha value is -1.09. The van der Waals surface area contributed by atoms with E-state index in [-0.39, 0.29) is 11.2 Å². The van der Waals surface area contributed by atoms with Crippen molar-refractivity contribution >= 4 is 5.69 Å². The predicted molar refractivity (Wildman–Crippen MR) is 72.6 cm³/mol. The van der Waals surface area contributed by atoms with Crippen molar-refractivity contribution in [2.75, 3.05) is 18.5 Å². The second kappa shape index (κ2) is 5.27. The molecule has 1 saturated heterocycles. The van der Waals surface area contributed by atoms with Crippen molar-refractivity contribution in [1.29, 1.82) is 0 Å². The van der Waals surface area contributed by atoms with Gasteiger partial charge >= 0.3 is 0 Å². The zero-order chi connectivity index (χ0) is 13.2. The number of halogens is 1. The summed E-state index contributed by atoms with van der Waals surface area (Å²) >= 11 is 0. The highest BCUT2D eigenvalue weighted by Gasteiger charge is 2.20. The van der Waals surface area contributed by atoms with Gasteiger partial charge in [-0.3, -0.25) is 0 Å². The van der Waals surface area contributed by atoms with E-state index in [4.69, 9.17) is 4.74 Å². The van der Waals surface area contributed by atoms with E-state index < -0.39 is 0 Å². The zero-order valence-corrected chi connectivity index (χ0v) is 11.4. The Labute approximate surface area is 109 Å². The van der Waals surface area contributed by atoms with Crippen LogP contribution in [-0.4, -0.2) is 19.3 Å². The van der Waals surface area contributed by atoms with E-state index in [2.05, 4.69) is 5.32 Å². The average molecular weight is 251 g/mol. The van der Waals surface area contributed by atoms with Gasteiger partial charge in [-0.2, -0.15) is 0 Å². The van der Waals surface area contributed by atoms with Gasteiger partial charge in [-0.25, -0.2) is 4.39 Å². The summed E-state index contributed by atoms with van der Waals surface area (Å²) in [7, 11) is 0. The van der Waals surface area contributed by atoms with Crippen LogP contribution in [0.25, 0.3) is 0 Å². The summed E-state index contributed by atoms with van der Waals surface area (Å²) in [6.07, 6.45) is 2.03. The van der Waals surface area contributed by atoms with Gasteiger partial charge in [-0.15, -0.1) is 0 Å². The molecule has 0 unspecified atom stereocenters. The molecule has 1 N–H and O–H groups in total. The molecule has 1 aliphatic rings. The molecule has 18 heavy (non-hydrogen) atoms. The van der Waals surface area contributed by atoms with Crippen molar-refractivity contribution in [2.45, 2.75) is 45.1 Å². The average Bonchev–Trinajstić information content (AvgIpc) is 2.31. The van der Waals surface area contributed by atoms with Gasteiger partial charge in [0.2, 0.25) is 0 Å². The summed E-state index contributed by atoms with van der Waals surface area (Å²) in [5, 5.41) is 3.47. The minimum atomic E-state index is -0.169. The number of ether oxygens (including phenoxy) is 1. The maximum atomic E-state index is 13.8. The van der Waals surface area contributed by atoms with Crippen LogP contribution in [0.5, 0.6) is 0 Å². The van der Waals surface area contributed by atoms with Gasteiger partial charge in [0.25, 0.3) is 0 Å². The molecule has 1 aliphatic heterocycles. The third-order valence-electron chi connectivity index (χ3n) is 3.37. The van der Waals surface area contributed by atoms with Crippen molar-refractivity contribution in [3.8, 4) is 0 Å². The lowest BCUT2D eigenvalue weighted by atomic mass is 9.86. The number of hydrogen-bond acceptors (Lipinski definition) is 2. The molecule has 0 bridgehead atoms. The first-order valence-electron chi connectivity index (χ1n) is 6.61. The maximum absolute atomic E-state index is 13.8. The lowest BCUT2D eigenvalue weighted by molar-refractivity contribution is 0.0904. The van der Waals surface area contributed by atoms with Crippen molar-refractivity contribution in [3.05, 3.63) is 29.6 Å². The molecule has 0 radical (unpaired) electrons. The number of nitrogens with one attached hydrogen (secondary N) is 1. The number of hydrogen-bond donors (Lipinski definition) is 1. The Morgan fingerprint density at radius 2 is 1.89 bits per heavy atom. The number of benzene rings is 1. The van der Waals surface area contributed by atoms with Crippen LogP contribution in [0.3, 0.4) is 0 Å². The Morgan fingerprint density at radius 1 is 1.22 bits per heavy atom. The lowest BCUT2D eigenvalue weighted by Crippen LogP contribution is -2.28. The van der Waals surface area contributed by atoms with Gasteiger partial charge in [0.1, 0.15) is 5.82 Å².